The monoisotopic (exact) mass is 308 g/mol. The van der Waals surface area contributed by atoms with E-state index in [0.717, 1.165) is 24.2 Å². The van der Waals surface area contributed by atoms with Gasteiger partial charge in [0.05, 0.1) is 15.7 Å². The van der Waals surface area contributed by atoms with Gasteiger partial charge in [0.25, 0.3) is 5.56 Å². The summed E-state index contributed by atoms with van der Waals surface area (Å²) in [5, 5.41) is 0.700. The number of fused-ring (bicyclic) bond motifs is 1. The molecule has 0 bridgehead atoms. The van der Waals surface area contributed by atoms with Crippen molar-refractivity contribution < 1.29 is 0 Å². The Labute approximate surface area is 115 Å². The third kappa shape index (κ3) is 2.34. The zero-order valence-electron chi connectivity index (χ0n) is 10.7. The van der Waals surface area contributed by atoms with E-state index in [9.17, 15) is 4.79 Å². The molecule has 4 heteroatoms. The minimum atomic E-state index is 0.0651. The van der Waals surface area contributed by atoms with Crippen molar-refractivity contribution in [2.75, 3.05) is 0 Å². The summed E-state index contributed by atoms with van der Waals surface area (Å²) in [6.07, 6.45) is 1.84. The second-order valence-electron chi connectivity index (χ2n) is 4.32. The lowest BCUT2D eigenvalue weighted by Gasteiger charge is -2.15. The van der Waals surface area contributed by atoms with Crippen LogP contribution >= 0.6 is 15.9 Å². The van der Waals surface area contributed by atoms with Crippen LogP contribution in [0.2, 0.25) is 0 Å². The molecule has 0 radical (unpaired) electrons. The van der Waals surface area contributed by atoms with Crippen molar-refractivity contribution in [2.45, 2.75) is 38.1 Å². The second kappa shape index (κ2) is 5.65. The fraction of sp³-hybridized carbons (Fsp3) is 0.429. The Balaban J connectivity index is 2.74. The summed E-state index contributed by atoms with van der Waals surface area (Å²) in [5.74, 6) is 0.836. The lowest BCUT2D eigenvalue weighted by molar-refractivity contribution is 0.597. The lowest BCUT2D eigenvalue weighted by atomic mass is 10.2. The number of hydrogen-bond acceptors (Lipinski definition) is 2. The Morgan fingerprint density at radius 3 is 2.72 bits per heavy atom. The van der Waals surface area contributed by atoms with Gasteiger partial charge in [0.1, 0.15) is 5.82 Å². The predicted octanol–water partition coefficient (Wildman–Crippen LogP) is 3.65. The van der Waals surface area contributed by atoms with E-state index in [1.807, 2.05) is 24.3 Å². The molecule has 18 heavy (non-hydrogen) atoms. The second-order valence-corrected chi connectivity index (χ2v) is 5.43. The topological polar surface area (TPSA) is 34.9 Å². The molecule has 0 fully saturated rings. The van der Waals surface area contributed by atoms with Crippen LogP contribution in [0.4, 0.5) is 0 Å². The van der Waals surface area contributed by atoms with Gasteiger partial charge in [-0.15, -0.1) is 0 Å². The molecule has 1 heterocycles. The van der Waals surface area contributed by atoms with Gasteiger partial charge in [0.2, 0.25) is 0 Å². The zero-order valence-corrected chi connectivity index (χ0v) is 12.3. The van der Waals surface area contributed by atoms with Gasteiger partial charge >= 0.3 is 0 Å². The molecular formula is C14H17BrN2O. The molecular weight excluding hydrogens is 292 g/mol. The molecule has 0 aliphatic carbocycles. The van der Waals surface area contributed by atoms with Crippen molar-refractivity contribution in [3.05, 3.63) is 40.4 Å². The Morgan fingerprint density at radius 2 is 2.06 bits per heavy atom. The molecule has 0 spiro atoms. The van der Waals surface area contributed by atoms with E-state index >= 15 is 0 Å². The van der Waals surface area contributed by atoms with E-state index in [1.54, 1.807) is 4.57 Å². The molecule has 2 rings (SSSR count). The molecule has 0 saturated heterocycles. The van der Waals surface area contributed by atoms with Gasteiger partial charge < -0.3 is 0 Å². The van der Waals surface area contributed by atoms with E-state index in [2.05, 4.69) is 34.8 Å². The molecule has 96 valence electrons. The van der Waals surface area contributed by atoms with Crippen LogP contribution < -0.4 is 5.56 Å². The number of alkyl halides is 1. The van der Waals surface area contributed by atoms with Crippen molar-refractivity contribution in [1.29, 1.82) is 0 Å². The standard InChI is InChI=1S/C14H17BrN2O/c1-3-9-17-13(11(15)4-2)16-12-8-6-5-7-10(12)14(17)18/h5-8,11H,3-4,9H2,1-2H3. The van der Waals surface area contributed by atoms with Crippen LogP contribution in [0.25, 0.3) is 10.9 Å². The average Bonchev–Trinajstić information content (AvgIpc) is 2.41. The van der Waals surface area contributed by atoms with Crippen molar-refractivity contribution in [2.24, 2.45) is 0 Å². The van der Waals surface area contributed by atoms with Gasteiger partial charge in [-0.25, -0.2) is 4.98 Å². The quantitative estimate of drug-likeness (QED) is 0.808. The molecule has 0 N–H and O–H groups in total. The number of para-hydroxylation sites is 1. The minimum Gasteiger partial charge on any atom is -0.295 e. The van der Waals surface area contributed by atoms with Gasteiger partial charge in [0, 0.05) is 6.54 Å². The van der Waals surface area contributed by atoms with E-state index in [1.165, 1.54) is 0 Å². The minimum absolute atomic E-state index is 0.0651. The molecule has 1 unspecified atom stereocenters. The fourth-order valence-electron chi connectivity index (χ4n) is 2.05. The number of halogens is 1. The molecule has 2 aromatic rings. The van der Waals surface area contributed by atoms with Crippen LogP contribution in [0, 0.1) is 0 Å². The van der Waals surface area contributed by atoms with Crippen molar-refractivity contribution in [3.63, 3.8) is 0 Å². The Morgan fingerprint density at radius 1 is 1.33 bits per heavy atom. The maximum atomic E-state index is 12.5. The molecule has 3 nitrogen and oxygen atoms in total. The third-order valence-electron chi connectivity index (χ3n) is 2.98. The highest BCUT2D eigenvalue weighted by Gasteiger charge is 2.15. The number of aromatic nitrogens is 2. The summed E-state index contributed by atoms with van der Waals surface area (Å²) < 4.78 is 1.80. The third-order valence-corrected chi connectivity index (χ3v) is 4.03. The normalized spacial score (nSPS) is 12.8. The zero-order chi connectivity index (χ0) is 13.1. The Kier molecular flexibility index (Phi) is 4.17. The predicted molar refractivity (Wildman–Crippen MR) is 78.3 cm³/mol. The van der Waals surface area contributed by atoms with Crippen LogP contribution in [0.1, 0.15) is 37.3 Å². The summed E-state index contributed by atoms with van der Waals surface area (Å²) in [5.41, 5.74) is 0.845. The first-order valence-corrected chi connectivity index (χ1v) is 7.24. The fourth-order valence-corrected chi connectivity index (χ4v) is 2.40. The number of benzene rings is 1. The van der Waals surface area contributed by atoms with Crippen LogP contribution in [-0.2, 0) is 6.54 Å². The molecule has 1 aromatic carbocycles. The molecule has 0 aliphatic rings. The number of nitrogens with zero attached hydrogens (tertiary/aromatic N) is 2. The summed E-state index contributed by atoms with van der Waals surface area (Å²) in [7, 11) is 0. The van der Waals surface area contributed by atoms with E-state index in [4.69, 9.17) is 0 Å². The van der Waals surface area contributed by atoms with Crippen LogP contribution in [-0.4, -0.2) is 9.55 Å². The van der Waals surface area contributed by atoms with E-state index in [0.29, 0.717) is 11.9 Å². The molecule has 1 atom stereocenters. The molecule has 0 saturated carbocycles. The Bertz CT molecular complexity index is 606. The first kappa shape index (κ1) is 13.3. The Hall–Kier alpha value is -1.16. The summed E-state index contributed by atoms with van der Waals surface area (Å²) >= 11 is 3.60. The molecule has 0 amide bonds. The summed E-state index contributed by atoms with van der Waals surface area (Å²) in [6.45, 7) is 4.87. The first-order chi connectivity index (χ1) is 8.69. The SMILES string of the molecule is CCCn1c(C(Br)CC)nc2ccccc2c1=O. The molecule has 0 aliphatic heterocycles. The van der Waals surface area contributed by atoms with Crippen LogP contribution in [0.5, 0.6) is 0 Å². The largest absolute Gasteiger partial charge is 0.295 e. The van der Waals surface area contributed by atoms with Gasteiger partial charge in [-0.2, -0.15) is 0 Å². The smallest absolute Gasteiger partial charge is 0.261 e. The maximum Gasteiger partial charge on any atom is 0.261 e. The van der Waals surface area contributed by atoms with Crippen LogP contribution in [0.3, 0.4) is 0 Å². The van der Waals surface area contributed by atoms with Gasteiger partial charge in [0.15, 0.2) is 0 Å². The van der Waals surface area contributed by atoms with Crippen molar-refractivity contribution in [1.82, 2.24) is 9.55 Å². The molecule has 1 aromatic heterocycles. The number of rotatable bonds is 4. The number of hydrogen-bond donors (Lipinski definition) is 0. The summed E-state index contributed by atoms with van der Waals surface area (Å²) in [6, 6.07) is 7.53. The van der Waals surface area contributed by atoms with Crippen LogP contribution in [0.15, 0.2) is 29.1 Å². The lowest BCUT2D eigenvalue weighted by Crippen LogP contribution is -2.26. The van der Waals surface area contributed by atoms with Crippen molar-refractivity contribution in [3.8, 4) is 0 Å². The first-order valence-electron chi connectivity index (χ1n) is 6.32. The van der Waals surface area contributed by atoms with Gasteiger partial charge in [-0.05, 0) is 25.0 Å². The highest BCUT2D eigenvalue weighted by molar-refractivity contribution is 9.09. The van der Waals surface area contributed by atoms with Crippen molar-refractivity contribution >= 4 is 26.8 Å². The van der Waals surface area contributed by atoms with Gasteiger partial charge in [-0.1, -0.05) is 41.9 Å². The van der Waals surface area contributed by atoms with Gasteiger partial charge in [-0.3, -0.25) is 9.36 Å². The maximum absolute atomic E-state index is 12.5. The highest BCUT2D eigenvalue weighted by Crippen LogP contribution is 2.24. The average molecular weight is 309 g/mol. The summed E-state index contributed by atoms with van der Waals surface area (Å²) in [4.78, 5) is 17.2. The van der Waals surface area contributed by atoms with E-state index < -0.39 is 0 Å². The highest BCUT2D eigenvalue weighted by atomic mass is 79.9. The van der Waals surface area contributed by atoms with E-state index in [-0.39, 0.29) is 10.4 Å².